The number of likely N-dealkylation sites (tertiary alicyclic amines) is 1. The van der Waals surface area contributed by atoms with Gasteiger partial charge in [0.25, 0.3) is 0 Å². The Bertz CT molecular complexity index is 238. The van der Waals surface area contributed by atoms with Gasteiger partial charge < -0.3 is 10.2 Å². The third-order valence-corrected chi connectivity index (χ3v) is 5.24. The molecule has 0 aromatic carbocycles. The SMILES string of the molecule is C1CC1CC1CC(NC2CC2)CN(CC2CC2)C1. The summed E-state index contributed by atoms with van der Waals surface area (Å²) in [6, 6.07) is 1.70. The Morgan fingerprint density at radius 3 is 2.22 bits per heavy atom. The van der Waals surface area contributed by atoms with E-state index in [-0.39, 0.29) is 0 Å². The first-order chi connectivity index (χ1) is 8.85. The summed E-state index contributed by atoms with van der Waals surface area (Å²) >= 11 is 0. The zero-order valence-electron chi connectivity index (χ0n) is 11.6. The average molecular weight is 248 g/mol. The summed E-state index contributed by atoms with van der Waals surface area (Å²) in [7, 11) is 0. The van der Waals surface area contributed by atoms with Crippen molar-refractivity contribution < 1.29 is 0 Å². The molecule has 2 atom stereocenters. The molecule has 0 aromatic rings. The molecule has 1 heterocycles. The van der Waals surface area contributed by atoms with Gasteiger partial charge in [-0.05, 0) is 56.3 Å². The van der Waals surface area contributed by atoms with Crippen LogP contribution >= 0.6 is 0 Å². The van der Waals surface area contributed by atoms with Gasteiger partial charge in [-0.15, -0.1) is 0 Å². The van der Waals surface area contributed by atoms with Gasteiger partial charge in [0.05, 0.1) is 0 Å². The first-order valence-corrected chi connectivity index (χ1v) is 8.33. The van der Waals surface area contributed by atoms with E-state index >= 15 is 0 Å². The average Bonchev–Trinajstić information content (AvgIpc) is 3.17. The summed E-state index contributed by atoms with van der Waals surface area (Å²) in [6.07, 6.45) is 11.9. The predicted molar refractivity (Wildman–Crippen MR) is 74.6 cm³/mol. The summed E-state index contributed by atoms with van der Waals surface area (Å²) in [5, 5.41) is 3.90. The van der Waals surface area contributed by atoms with Crippen LogP contribution in [0.2, 0.25) is 0 Å². The second-order valence-electron chi connectivity index (χ2n) is 7.58. The van der Waals surface area contributed by atoms with Crippen LogP contribution in [0.5, 0.6) is 0 Å². The number of piperidine rings is 1. The Labute approximate surface area is 111 Å². The van der Waals surface area contributed by atoms with Gasteiger partial charge in [-0.25, -0.2) is 0 Å². The lowest BCUT2D eigenvalue weighted by molar-refractivity contribution is 0.127. The molecule has 0 aromatic heterocycles. The minimum atomic E-state index is 0.814. The fourth-order valence-electron chi connectivity index (χ4n) is 3.82. The third kappa shape index (κ3) is 3.27. The van der Waals surface area contributed by atoms with Gasteiger partial charge in [-0.3, -0.25) is 0 Å². The molecule has 3 saturated carbocycles. The quantitative estimate of drug-likeness (QED) is 0.777. The van der Waals surface area contributed by atoms with Gasteiger partial charge in [0.15, 0.2) is 0 Å². The fraction of sp³-hybridized carbons (Fsp3) is 1.00. The Morgan fingerprint density at radius 1 is 0.778 bits per heavy atom. The standard InChI is InChI=1S/C16H28N2/c1-2-12(1)7-14-8-16(17-15-5-6-15)11-18(10-14)9-13-3-4-13/h12-17H,1-11H2. The molecule has 3 aliphatic carbocycles. The molecule has 4 rings (SSSR count). The molecule has 0 spiro atoms. The van der Waals surface area contributed by atoms with Crippen molar-refractivity contribution in [3.63, 3.8) is 0 Å². The minimum Gasteiger partial charge on any atom is -0.310 e. The van der Waals surface area contributed by atoms with Crippen LogP contribution in [0.1, 0.15) is 51.4 Å². The van der Waals surface area contributed by atoms with Crippen LogP contribution in [-0.4, -0.2) is 36.6 Å². The van der Waals surface area contributed by atoms with Crippen LogP contribution in [0.25, 0.3) is 0 Å². The van der Waals surface area contributed by atoms with Crippen molar-refractivity contribution in [2.75, 3.05) is 19.6 Å². The number of nitrogens with one attached hydrogen (secondary N) is 1. The van der Waals surface area contributed by atoms with Crippen LogP contribution in [0.15, 0.2) is 0 Å². The lowest BCUT2D eigenvalue weighted by Crippen LogP contribution is -2.50. The Kier molecular flexibility index (Phi) is 3.12. The Balaban J connectivity index is 1.33. The van der Waals surface area contributed by atoms with E-state index in [9.17, 15) is 0 Å². The fourth-order valence-corrected chi connectivity index (χ4v) is 3.82. The van der Waals surface area contributed by atoms with Crippen LogP contribution in [-0.2, 0) is 0 Å². The summed E-state index contributed by atoms with van der Waals surface area (Å²) in [5.74, 6) is 3.17. The first kappa shape index (κ1) is 11.7. The summed E-state index contributed by atoms with van der Waals surface area (Å²) in [6.45, 7) is 4.16. The number of rotatable bonds is 6. The van der Waals surface area contributed by atoms with Gasteiger partial charge >= 0.3 is 0 Å². The molecule has 4 fully saturated rings. The maximum Gasteiger partial charge on any atom is 0.0200 e. The zero-order chi connectivity index (χ0) is 11.9. The molecule has 102 valence electrons. The number of hydrogen-bond donors (Lipinski definition) is 1. The van der Waals surface area contributed by atoms with E-state index in [0.29, 0.717) is 0 Å². The van der Waals surface area contributed by atoms with Gasteiger partial charge in [0.1, 0.15) is 0 Å². The Hall–Kier alpha value is -0.0800. The highest BCUT2D eigenvalue weighted by molar-refractivity contribution is 4.93. The zero-order valence-corrected chi connectivity index (χ0v) is 11.6. The maximum atomic E-state index is 3.90. The van der Waals surface area contributed by atoms with Gasteiger partial charge in [0, 0.05) is 31.7 Å². The minimum absolute atomic E-state index is 0.814. The molecule has 1 aliphatic heterocycles. The van der Waals surface area contributed by atoms with E-state index in [4.69, 9.17) is 0 Å². The van der Waals surface area contributed by atoms with Crippen LogP contribution in [0, 0.1) is 17.8 Å². The van der Waals surface area contributed by atoms with Crippen molar-refractivity contribution in [1.29, 1.82) is 0 Å². The highest BCUT2D eigenvalue weighted by Gasteiger charge is 2.36. The monoisotopic (exact) mass is 248 g/mol. The lowest BCUT2D eigenvalue weighted by Gasteiger charge is -2.38. The lowest BCUT2D eigenvalue weighted by atomic mass is 9.89. The van der Waals surface area contributed by atoms with E-state index in [1.165, 1.54) is 71.0 Å². The molecule has 2 nitrogen and oxygen atoms in total. The molecule has 18 heavy (non-hydrogen) atoms. The summed E-state index contributed by atoms with van der Waals surface area (Å²) < 4.78 is 0. The third-order valence-electron chi connectivity index (χ3n) is 5.24. The molecule has 0 radical (unpaired) electrons. The normalized spacial score (nSPS) is 38.0. The van der Waals surface area contributed by atoms with Crippen LogP contribution in [0.4, 0.5) is 0 Å². The first-order valence-electron chi connectivity index (χ1n) is 8.33. The summed E-state index contributed by atoms with van der Waals surface area (Å²) in [4.78, 5) is 2.80. The molecular weight excluding hydrogens is 220 g/mol. The predicted octanol–water partition coefficient (Wildman–Crippen LogP) is 2.64. The van der Waals surface area contributed by atoms with Gasteiger partial charge in [-0.1, -0.05) is 12.8 Å². The highest BCUT2D eigenvalue weighted by atomic mass is 15.2. The van der Waals surface area contributed by atoms with E-state index in [1.54, 1.807) is 0 Å². The molecular formula is C16H28N2. The highest BCUT2D eigenvalue weighted by Crippen LogP contribution is 2.39. The van der Waals surface area contributed by atoms with Gasteiger partial charge in [0.2, 0.25) is 0 Å². The maximum absolute atomic E-state index is 3.90. The second kappa shape index (κ2) is 4.79. The van der Waals surface area contributed by atoms with Crippen molar-refractivity contribution >= 4 is 0 Å². The van der Waals surface area contributed by atoms with E-state index in [1.807, 2.05) is 0 Å². The summed E-state index contributed by atoms with van der Waals surface area (Å²) in [5.41, 5.74) is 0. The molecule has 0 bridgehead atoms. The van der Waals surface area contributed by atoms with E-state index in [0.717, 1.165) is 29.8 Å². The van der Waals surface area contributed by atoms with Crippen LogP contribution in [0.3, 0.4) is 0 Å². The Morgan fingerprint density at radius 2 is 1.56 bits per heavy atom. The molecule has 0 amide bonds. The van der Waals surface area contributed by atoms with Crippen molar-refractivity contribution in [2.45, 2.75) is 63.5 Å². The van der Waals surface area contributed by atoms with E-state index in [2.05, 4.69) is 10.2 Å². The van der Waals surface area contributed by atoms with Crippen molar-refractivity contribution in [3.8, 4) is 0 Å². The number of hydrogen-bond acceptors (Lipinski definition) is 2. The molecule has 2 heteroatoms. The van der Waals surface area contributed by atoms with Crippen molar-refractivity contribution in [1.82, 2.24) is 10.2 Å². The van der Waals surface area contributed by atoms with Crippen molar-refractivity contribution in [3.05, 3.63) is 0 Å². The topological polar surface area (TPSA) is 15.3 Å². The second-order valence-corrected chi connectivity index (χ2v) is 7.58. The molecule has 4 aliphatic rings. The molecule has 1 saturated heterocycles. The van der Waals surface area contributed by atoms with Gasteiger partial charge in [-0.2, -0.15) is 0 Å². The van der Waals surface area contributed by atoms with E-state index < -0.39 is 0 Å². The number of nitrogens with zero attached hydrogens (tertiary/aromatic N) is 1. The molecule has 2 unspecified atom stereocenters. The largest absolute Gasteiger partial charge is 0.310 e. The molecule has 1 N–H and O–H groups in total. The smallest absolute Gasteiger partial charge is 0.0200 e. The van der Waals surface area contributed by atoms with Crippen molar-refractivity contribution in [2.24, 2.45) is 17.8 Å². The van der Waals surface area contributed by atoms with Crippen LogP contribution < -0.4 is 5.32 Å².